The van der Waals surface area contributed by atoms with E-state index >= 15 is 0 Å². The number of hydrogen-bond donors (Lipinski definition) is 1. The smallest absolute Gasteiger partial charge is 0.159 e. The van der Waals surface area contributed by atoms with Gasteiger partial charge in [-0.3, -0.25) is 4.79 Å². The van der Waals surface area contributed by atoms with Crippen LogP contribution in [0.25, 0.3) is 0 Å². The van der Waals surface area contributed by atoms with Crippen molar-refractivity contribution < 1.29 is 9.90 Å². The van der Waals surface area contributed by atoms with Crippen LogP contribution in [0.3, 0.4) is 0 Å². The topological polar surface area (TPSA) is 37.3 Å². The zero-order chi connectivity index (χ0) is 9.97. The van der Waals surface area contributed by atoms with E-state index < -0.39 is 0 Å². The third-order valence-electron chi connectivity index (χ3n) is 3.58. The van der Waals surface area contributed by atoms with Crippen LogP contribution in [0.4, 0.5) is 0 Å². The van der Waals surface area contributed by atoms with Crippen molar-refractivity contribution in [3.05, 3.63) is 11.8 Å². The molecular formula is C12H18O2. The first-order valence-corrected chi connectivity index (χ1v) is 5.68. The second-order valence-electron chi connectivity index (χ2n) is 4.67. The van der Waals surface area contributed by atoms with E-state index in [0.29, 0.717) is 24.0 Å². The van der Waals surface area contributed by atoms with Crippen molar-refractivity contribution in [2.24, 2.45) is 11.8 Å². The minimum atomic E-state index is 0.115. The first-order valence-electron chi connectivity index (χ1n) is 5.68. The van der Waals surface area contributed by atoms with Crippen molar-refractivity contribution >= 4 is 5.78 Å². The number of carbonyl (C=O) groups is 1. The molecule has 0 saturated heterocycles. The highest BCUT2D eigenvalue weighted by molar-refractivity contribution is 5.91. The largest absolute Gasteiger partial charge is 0.512 e. The molecule has 2 rings (SSSR count). The Morgan fingerprint density at radius 1 is 1.07 bits per heavy atom. The zero-order valence-electron chi connectivity index (χ0n) is 8.54. The lowest BCUT2D eigenvalue weighted by molar-refractivity contribution is -0.116. The summed E-state index contributed by atoms with van der Waals surface area (Å²) in [4.78, 5) is 11.3. The molecule has 1 unspecified atom stereocenters. The molecule has 2 nitrogen and oxygen atoms in total. The normalized spacial score (nSPS) is 30.1. The summed E-state index contributed by atoms with van der Waals surface area (Å²) in [6, 6.07) is 0. The van der Waals surface area contributed by atoms with Crippen LogP contribution < -0.4 is 0 Å². The predicted molar refractivity (Wildman–Crippen MR) is 55.0 cm³/mol. The van der Waals surface area contributed by atoms with Crippen LogP contribution in [0, 0.1) is 11.8 Å². The maximum Gasteiger partial charge on any atom is 0.159 e. The third-order valence-corrected chi connectivity index (χ3v) is 3.58. The van der Waals surface area contributed by atoms with Crippen LogP contribution in [0.1, 0.15) is 44.9 Å². The van der Waals surface area contributed by atoms with E-state index in [0.717, 1.165) is 6.42 Å². The molecule has 78 valence electrons. The Labute approximate surface area is 85.0 Å². The minimum absolute atomic E-state index is 0.115. The van der Waals surface area contributed by atoms with Crippen molar-refractivity contribution in [3.63, 3.8) is 0 Å². The average molecular weight is 194 g/mol. The van der Waals surface area contributed by atoms with Gasteiger partial charge in [-0.05, 0) is 11.8 Å². The molecule has 2 aliphatic rings. The Bertz CT molecular complexity index is 249. The van der Waals surface area contributed by atoms with Gasteiger partial charge < -0.3 is 5.11 Å². The van der Waals surface area contributed by atoms with Gasteiger partial charge >= 0.3 is 0 Å². The number of hydrogen-bond acceptors (Lipinski definition) is 2. The van der Waals surface area contributed by atoms with Gasteiger partial charge in [-0.25, -0.2) is 0 Å². The van der Waals surface area contributed by atoms with Gasteiger partial charge in [0.05, 0.1) is 5.76 Å². The second-order valence-corrected chi connectivity index (χ2v) is 4.67. The first kappa shape index (κ1) is 9.75. The molecule has 1 fully saturated rings. The monoisotopic (exact) mass is 194 g/mol. The van der Waals surface area contributed by atoms with Gasteiger partial charge in [0, 0.05) is 18.9 Å². The average Bonchev–Trinajstić information content (AvgIpc) is 2.18. The van der Waals surface area contributed by atoms with E-state index in [9.17, 15) is 9.90 Å². The van der Waals surface area contributed by atoms with Gasteiger partial charge in [0.25, 0.3) is 0 Å². The Morgan fingerprint density at radius 3 is 2.43 bits per heavy atom. The van der Waals surface area contributed by atoms with E-state index in [4.69, 9.17) is 0 Å². The van der Waals surface area contributed by atoms with Crippen molar-refractivity contribution in [1.82, 2.24) is 0 Å². The summed E-state index contributed by atoms with van der Waals surface area (Å²) >= 11 is 0. The number of ketones is 1. The van der Waals surface area contributed by atoms with E-state index in [-0.39, 0.29) is 5.78 Å². The molecule has 1 saturated carbocycles. The fraction of sp³-hybridized carbons (Fsp3) is 0.750. The quantitative estimate of drug-likeness (QED) is 0.696. The van der Waals surface area contributed by atoms with E-state index in [1.807, 2.05) is 0 Å². The molecular weight excluding hydrogens is 176 g/mol. The van der Waals surface area contributed by atoms with Crippen LogP contribution in [-0.2, 0) is 4.79 Å². The number of aliphatic hydroxyl groups excluding tert-OH is 1. The second kappa shape index (κ2) is 4.16. The molecule has 0 bridgehead atoms. The molecule has 0 heterocycles. The highest BCUT2D eigenvalue weighted by Crippen LogP contribution is 2.36. The predicted octanol–water partition coefficient (Wildman–Crippen LogP) is 2.99. The minimum Gasteiger partial charge on any atom is -0.512 e. The summed E-state index contributed by atoms with van der Waals surface area (Å²) < 4.78 is 0. The van der Waals surface area contributed by atoms with Crippen molar-refractivity contribution in [1.29, 1.82) is 0 Å². The van der Waals surface area contributed by atoms with Crippen LogP contribution in [0.15, 0.2) is 11.8 Å². The van der Waals surface area contributed by atoms with Gasteiger partial charge in [0.1, 0.15) is 0 Å². The van der Waals surface area contributed by atoms with Gasteiger partial charge in [-0.1, -0.05) is 32.1 Å². The molecule has 2 aliphatic carbocycles. The Hall–Kier alpha value is -0.790. The molecule has 0 spiro atoms. The molecule has 0 aromatic rings. The van der Waals surface area contributed by atoms with Crippen LogP contribution in [0.2, 0.25) is 0 Å². The molecule has 0 radical (unpaired) electrons. The molecule has 0 aromatic carbocycles. The van der Waals surface area contributed by atoms with Gasteiger partial charge in [-0.15, -0.1) is 0 Å². The summed E-state index contributed by atoms with van der Waals surface area (Å²) in [5.74, 6) is 1.53. The summed E-state index contributed by atoms with van der Waals surface area (Å²) in [6.45, 7) is 0. The van der Waals surface area contributed by atoms with E-state index in [1.165, 1.54) is 38.2 Å². The lowest BCUT2D eigenvalue weighted by atomic mass is 9.74. The molecule has 0 aliphatic heterocycles. The van der Waals surface area contributed by atoms with Crippen molar-refractivity contribution in [2.45, 2.75) is 44.9 Å². The number of allylic oxidation sites excluding steroid dienone is 2. The summed E-state index contributed by atoms with van der Waals surface area (Å²) in [5, 5.41) is 9.42. The molecule has 0 aromatic heterocycles. The maximum atomic E-state index is 11.3. The number of rotatable bonds is 1. The highest BCUT2D eigenvalue weighted by atomic mass is 16.3. The van der Waals surface area contributed by atoms with Gasteiger partial charge in [0.2, 0.25) is 0 Å². The molecule has 2 heteroatoms. The van der Waals surface area contributed by atoms with Crippen molar-refractivity contribution in [3.8, 4) is 0 Å². The molecule has 0 amide bonds. The van der Waals surface area contributed by atoms with E-state index in [2.05, 4.69) is 0 Å². The Kier molecular flexibility index (Phi) is 2.90. The van der Waals surface area contributed by atoms with E-state index in [1.54, 1.807) is 0 Å². The summed E-state index contributed by atoms with van der Waals surface area (Å²) in [7, 11) is 0. The highest BCUT2D eigenvalue weighted by Gasteiger charge is 2.28. The van der Waals surface area contributed by atoms with Crippen molar-refractivity contribution in [2.75, 3.05) is 0 Å². The Morgan fingerprint density at radius 2 is 1.79 bits per heavy atom. The third kappa shape index (κ3) is 2.17. The van der Waals surface area contributed by atoms with Crippen LogP contribution in [-0.4, -0.2) is 10.9 Å². The lowest BCUT2D eigenvalue weighted by Gasteiger charge is -2.31. The zero-order valence-corrected chi connectivity index (χ0v) is 8.54. The lowest BCUT2D eigenvalue weighted by Crippen LogP contribution is -2.24. The van der Waals surface area contributed by atoms with Gasteiger partial charge in [-0.2, -0.15) is 0 Å². The summed E-state index contributed by atoms with van der Waals surface area (Å²) in [6.07, 6.45) is 9.26. The maximum absolute atomic E-state index is 11.3. The first-order chi connectivity index (χ1) is 6.75. The standard InChI is InChI=1S/C12H18O2/c13-11-6-10(7-12(14)8-11)9-4-2-1-3-5-9/h8-10,13H,1-7H2. The SMILES string of the molecule is O=C1C=C(O)CC(C2CCCCC2)C1. The molecule has 1 atom stereocenters. The molecule has 1 N–H and O–H groups in total. The number of carbonyl (C=O) groups excluding carboxylic acids is 1. The fourth-order valence-electron chi connectivity index (χ4n) is 2.84. The fourth-order valence-corrected chi connectivity index (χ4v) is 2.84. The van der Waals surface area contributed by atoms with Crippen LogP contribution in [0.5, 0.6) is 0 Å². The van der Waals surface area contributed by atoms with Gasteiger partial charge in [0.15, 0.2) is 5.78 Å². The summed E-state index contributed by atoms with van der Waals surface area (Å²) in [5.41, 5.74) is 0. The number of aliphatic hydroxyl groups is 1. The van der Waals surface area contributed by atoms with Crippen LogP contribution >= 0.6 is 0 Å². The molecule has 14 heavy (non-hydrogen) atoms. The Balaban J connectivity index is 1.97.